The number of carbonyl (C=O) groups is 1. The van der Waals surface area contributed by atoms with Gasteiger partial charge in [-0.25, -0.2) is 4.31 Å². The highest BCUT2D eigenvalue weighted by Crippen LogP contribution is 2.43. The van der Waals surface area contributed by atoms with Crippen LogP contribution in [0.3, 0.4) is 0 Å². The van der Waals surface area contributed by atoms with Gasteiger partial charge in [-0.05, 0) is 57.6 Å². The molecule has 1 aromatic rings. The average Bonchev–Trinajstić information content (AvgIpc) is 2.44. The van der Waals surface area contributed by atoms with Gasteiger partial charge in [0, 0.05) is 10.4 Å². The number of amides is 1. The van der Waals surface area contributed by atoms with Crippen LogP contribution in [-0.4, -0.2) is 40.3 Å². The zero-order valence-corrected chi connectivity index (χ0v) is 16.5. The van der Waals surface area contributed by atoms with E-state index in [0.717, 1.165) is 5.56 Å². The predicted octanol–water partition coefficient (Wildman–Crippen LogP) is 3.79. The van der Waals surface area contributed by atoms with Crippen molar-refractivity contribution in [1.82, 2.24) is 4.31 Å². The SMILES string of the molecule is CC(O)=C(N=O)C(=O)Nc1cccc(C2(N(C)SC(C)(C)C)COC2)c1. The van der Waals surface area contributed by atoms with E-state index in [1.54, 1.807) is 18.0 Å². The summed E-state index contributed by atoms with van der Waals surface area (Å²) in [4.78, 5) is 22.8. The first-order chi connectivity index (χ1) is 12.1. The minimum absolute atomic E-state index is 0.0527. The fourth-order valence-corrected chi connectivity index (χ4v) is 3.88. The number of anilines is 1. The first-order valence-corrected chi connectivity index (χ1v) is 9.02. The van der Waals surface area contributed by atoms with Crippen molar-refractivity contribution in [3.8, 4) is 0 Å². The maximum absolute atomic E-state index is 12.1. The van der Waals surface area contributed by atoms with E-state index in [0.29, 0.717) is 18.9 Å². The van der Waals surface area contributed by atoms with Crippen LogP contribution in [0.5, 0.6) is 0 Å². The fraction of sp³-hybridized carbons (Fsp3) is 0.500. The number of likely N-dealkylation sites (N-methyl/N-ethyl adjacent to an activating group) is 1. The van der Waals surface area contributed by atoms with E-state index in [4.69, 9.17) is 4.74 Å². The van der Waals surface area contributed by atoms with Crippen molar-refractivity contribution in [3.05, 3.63) is 46.2 Å². The molecule has 1 saturated heterocycles. The van der Waals surface area contributed by atoms with Crippen LogP contribution < -0.4 is 5.32 Å². The minimum atomic E-state index is -0.742. The van der Waals surface area contributed by atoms with Gasteiger partial charge in [0.2, 0.25) is 5.70 Å². The van der Waals surface area contributed by atoms with Crippen molar-refractivity contribution in [2.45, 2.75) is 38.0 Å². The van der Waals surface area contributed by atoms with E-state index in [-0.39, 0.29) is 10.3 Å². The standard InChI is InChI=1S/C18H25N3O4S/c1-12(22)15(20-24)16(23)19-14-8-6-7-13(9-14)18(10-25-11-18)21(5)26-17(2,3)4/h6-9,22H,10-11H2,1-5H3,(H,19,23). The number of nitrogens with zero attached hydrogens (tertiary/aromatic N) is 2. The lowest BCUT2D eigenvalue weighted by Crippen LogP contribution is -2.56. The van der Waals surface area contributed by atoms with Crippen LogP contribution in [0.25, 0.3) is 0 Å². The van der Waals surface area contributed by atoms with Crippen LogP contribution >= 0.6 is 11.9 Å². The molecule has 0 bridgehead atoms. The van der Waals surface area contributed by atoms with Gasteiger partial charge in [0.25, 0.3) is 5.91 Å². The summed E-state index contributed by atoms with van der Waals surface area (Å²) in [5, 5.41) is 14.6. The maximum atomic E-state index is 12.1. The number of hydrogen-bond acceptors (Lipinski definition) is 7. The van der Waals surface area contributed by atoms with Gasteiger partial charge in [-0.2, -0.15) is 0 Å². The van der Waals surface area contributed by atoms with Crippen molar-refractivity contribution in [1.29, 1.82) is 0 Å². The molecule has 142 valence electrons. The van der Waals surface area contributed by atoms with Crippen LogP contribution in [-0.2, 0) is 15.1 Å². The molecule has 0 unspecified atom stereocenters. The van der Waals surface area contributed by atoms with E-state index in [9.17, 15) is 14.8 Å². The summed E-state index contributed by atoms with van der Waals surface area (Å²) in [7, 11) is 2.04. The summed E-state index contributed by atoms with van der Waals surface area (Å²) >= 11 is 1.74. The van der Waals surface area contributed by atoms with Gasteiger partial charge >= 0.3 is 0 Å². The van der Waals surface area contributed by atoms with Crippen LogP contribution in [0.4, 0.5) is 5.69 Å². The lowest BCUT2D eigenvalue weighted by atomic mass is 9.88. The summed E-state index contributed by atoms with van der Waals surface area (Å²) in [6.45, 7) is 8.80. The van der Waals surface area contributed by atoms with Crippen molar-refractivity contribution >= 4 is 23.5 Å². The zero-order valence-electron chi connectivity index (χ0n) is 15.7. The second-order valence-corrected chi connectivity index (χ2v) is 9.24. The average molecular weight is 379 g/mol. The summed E-state index contributed by atoms with van der Waals surface area (Å²) in [6.07, 6.45) is 0. The van der Waals surface area contributed by atoms with Gasteiger partial charge in [0.15, 0.2) is 0 Å². The second kappa shape index (κ2) is 7.77. The Kier molecular flexibility index (Phi) is 6.10. The molecule has 0 spiro atoms. The summed E-state index contributed by atoms with van der Waals surface area (Å²) < 4.78 is 7.75. The predicted molar refractivity (Wildman–Crippen MR) is 104 cm³/mol. The lowest BCUT2D eigenvalue weighted by Gasteiger charge is -2.49. The number of aliphatic hydroxyl groups is 1. The van der Waals surface area contributed by atoms with E-state index in [1.807, 2.05) is 25.2 Å². The number of nitrogens with one attached hydrogen (secondary N) is 1. The molecular formula is C18H25N3O4S. The second-order valence-electron chi connectivity index (χ2n) is 7.29. The van der Waals surface area contributed by atoms with E-state index >= 15 is 0 Å². The molecule has 1 aromatic carbocycles. The third-order valence-corrected chi connectivity index (χ3v) is 5.17. The summed E-state index contributed by atoms with van der Waals surface area (Å²) in [5.74, 6) is -1.16. The topological polar surface area (TPSA) is 91.2 Å². The van der Waals surface area contributed by atoms with Crippen molar-refractivity contribution < 1.29 is 14.6 Å². The number of allylic oxidation sites excluding steroid dienone is 1. The Balaban J connectivity index is 2.26. The molecule has 0 radical (unpaired) electrons. The number of hydrogen-bond donors (Lipinski definition) is 2. The van der Waals surface area contributed by atoms with Gasteiger partial charge in [0.1, 0.15) is 11.3 Å². The fourth-order valence-electron chi connectivity index (χ4n) is 2.67. The Morgan fingerprint density at radius 1 is 1.38 bits per heavy atom. The zero-order chi connectivity index (χ0) is 19.5. The maximum Gasteiger partial charge on any atom is 0.281 e. The van der Waals surface area contributed by atoms with Gasteiger partial charge in [-0.3, -0.25) is 4.79 Å². The molecule has 1 aliphatic rings. The Hall–Kier alpha value is -1.90. The normalized spacial score (nSPS) is 17.3. The van der Waals surface area contributed by atoms with Gasteiger partial charge in [0.05, 0.1) is 13.2 Å². The Labute approximate surface area is 157 Å². The molecule has 0 aromatic heterocycles. The minimum Gasteiger partial charge on any atom is -0.510 e. The number of carbonyl (C=O) groups excluding carboxylic acids is 1. The molecule has 2 rings (SSSR count). The molecule has 1 amide bonds. The van der Waals surface area contributed by atoms with Crippen LogP contribution in [0.2, 0.25) is 0 Å². The first kappa shape index (κ1) is 20.4. The molecule has 1 fully saturated rings. The third kappa shape index (κ3) is 4.44. The van der Waals surface area contributed by atoms with E-state index < -0.39 is 17.4 Å². The quantitative estimate of drug-likeness (QED) is 0.338. The third-order valence-electron chi connectivity index (χ3n) is 4.00. The Morgan fingerprint density at radius 3 is 2.50 bits per heavy atom. The van der Waals surface area contributed by atoms with Gasteiger partial charge in [-0.15, -0.1) is 4.91 Å². The van der Waals surface area contributed by atoms with Crippen LogP contribution in [0.15, 0.2) is 40.9 Å². The number of benzene rings is 1. The molecular weight excluding hydrogens is 354 g/mol. The smallest absolute Gasteiger partial charge is 0.281 e. The molecule has 1 aliphatic heterocycles. The molecule has 1 heterocycles. The van der Waals surface area contributed by atoms with Gasteiger partial charge in [-0.1, -0.05) is 24.1 Å². The molecule has 8 heteroatoms. The highest BCUT2D eigenvalue weighted by molar-refractivity contribution is 7.98. The highest BCUT2D eigenvalue weighted by Gasteiger charge is 2.45. The first-order valence-electron chi connectivity index (χ1n) is 8.25. The molecule has 7 nitrogen and oxygen atoms in total. The largest absolute Gasteiger partial charge is 0.510 e. The molecule has 0 atom stereocenters. The van der Waals surface area contributed by atoms with Crippen LogP contribution in [0, 0.1) is 4.91 Å². The molecule has 26 heavy (non-hydrogen) atoms. The van der Waals surface area contributed by atoms with E-state index in [1.165, 1.54) is 6.92 Å². The molecule has 0 saturated carbocycles. The number of nitroso groups, excluding NO2 is 1. The van der Waals surface area contributed by atoms with Crippen molar-refractivity contribution in [2.75, 3.05) is 25.6 Å². The van der Waals surface area contributed by atoms with E-state index in [2.05, 4.69) is 35.6 Å². The van der Waals surface area contributed by atoms with Gasteiger partial charge < -0.3 is 15.2 Å². The molecule has 0 aliphatic carbocycles. The highest BCUT2D eigenvalue weighted by atomic mass is 32.2. The Bertz CT molecular complexity index is 719. The number of rotatable bonds is 6. The Morgan fingerprint density at radius 2 is 2.04 bits per heavy atom. The number of ether oxygens (including phenoxy) is 1. The summed E-state index contributed by atoms with van der Waals surface area (Å²) in [6, 6.07) is 7.41. The van der Waals surface area contributed by atoms with Crippen LogP contribution in [0.1, 0.15) is 33.3 Å². The van der Waals surface area contributed by atoms with Crippen molar-refractivity contribution in [2.24, 2.45) is 5.18 Å². The number of aliphatic hydroxyl groups excluding tert-OH is 1. The monoisotopic (exact) mass is 379 g/mol. The van der Waals surface area contributed by atoms with Crippen molar-refractivity contribution in [3.63, 3.8) is 0 Å². The lowest BCUT2D eigenvalue weighted by molar-refractivity contribution is -0.113. The summed E-state index contributed by atoms with van der Waals surface area (Å²) in [5.41, 5.74) is 0.714. The molecule has 2 N–H and O–H groups in total.